The van der Waals surface area contributed by atoms with E-state index in [2.05, 4.69) is 0 Å². The highest BCUT2D eigenvalue weighted by molar-refractivity contribution is 7.99. The third-order valence-electron chi connectivity index (χ3n) is 2.50. The first kappa shape index (κ1) is 14.6. The maximum atomic E-state index is 13.5. The minimum atomic E-state index is -4.60. The van der Waals surface area contributed by atoms with E-state index < -0.39 is 17.6 Å². The highest BCUT2D eigenvalue weighted by atomic mass is 32.2. The standard InChI is InChI=1S/C14H8F4OS/c15-11-3-1-2-4-13(11)20-12-6-5-9(8-19)7-10(12)14(16,17)18/h1-8H. The first-order chi connectivity index (χ1) is 9.41. The van der Waals surface area contributed by atoms with Crippen LogP contribution in [0.1, 0.15) is 15.9 Å². The fourth-order valence-electron chi connectivity index (χ4n) is 1.58. The van der Waals surface area contributed by atoms with Gasteiger partial charge in [0.2, 0.25) is 0 Å². The molecule has 0 saturated carbocycles. The Morgan fingerprint density at radius 3 is 2.30 bits per heavy atom. The van der Waals surface area contributed by atoms with Gasteiger partial charge in [0.15, 0.2) is 0 Å². The number of hydrogen-bond acceptors (Lipinski definition) is 2. The molecule has 0 aliphatic carbocycles. The van der Waals surface area contributed by atoms with E-state index in [1.165, 1.54) is 30.3 Å². The first-order valence-corrected chi connectivity index (χ1v) is 6.32. The molecule has 2 aromatic carbocycles. The number of hydrogen-bond donors (Lipinski definition) is 0. The predicted molar refractivity (Wildman–Crippen MR) is 67.4 cm³/mol. The molecular formula is C14H8F4OS. The maximum absolute atomic E-state index is 13.5. The van der Waals surface area contributed by atoms with Gasteiger partial charge in [-0.05, 0) is 24.3 Å². The molecule has 0 aliphatic rings. The number of halogens is 4. The van der Waals surface area contributed by atoms with Crippen LogP contribution < -0.4 is 0 Å². The maximum Gasteiger partial charge on any atom is 0.417 e. The molecule has 0 bridgehead atoms. The van der Waals surface area contributed by atoms with E-state index in [0.717, 1.165) is 6.07 Å². The Morgan fingerprint density at radius 1 is 1.00 bits per heavy atom. The molecule has 0 saturated heterocycles. The van der Waals surface area contributed by atoms with E-state index in [-0.39, 0.29) is 15.4 Å². The Hall–Kier alpha value is -1.82. The third kappa shape index (κ3) is 3.19. The van der Waals surface area contributed by atoms with E-state index in [1.807, 2.05) is 0 Å². The summed E-state index contributed by atoms with van der Waals surface area (Å²) in [5, 5.41) is 0. The van der Waals surface area contributed by atoms with Crippen LogP contribution in [0.3, 0.4) is 0 Å². The summed E-state index contributed by atoms with van der Waals surface area (Å²) in [5.41, 5.74) is -1.02. The molecule has 0 amide bonds. The van der Waals surface area contributed by atoms with Crippen LogP contribution in [0, 0.1) is 5.82 Å². The Morgan fingerprint density at radius 2 is 1.70 bits per heavy atom. The van der Waals surface area contributed by atoms with E-state index in [4.69, 9.17) is 0 Å². The van der Waals surface area contributed by atoms with Crippen molar-refractivity contribution < 1.29 is 22.4 Å². The summed E-state index contributed by atoms with van der Waals surface area (Å²) in [5.74, 6) is -0.593. The number of benzene rings is 2. The lowest BCUT2D eigenvalue weighted by Gasteiger charge is -2.13. The second-order valence-corrected chi connectivity index (χ2v) is 4.99. The average Bonchev–Trinajstić information content (AvgIpc) is 2.40. The first-order valence-electron chi connectivity index (χ1n) is 5.50. The lowest BCUT2D eigenvalue weighted by atomic mass is 10.1. The predicted octanol–water partition coefficient (Wildman–Crippen LogP) is 4.81. The molecule has 6 heteroatoms. The third-order valence-corrected chi connectivity index (χ3v) is 3.63. The molecule has 0 aliphatic heterocycles. The van der Waals surface area contributed by atoms with Crippen molar-refractivity contribution in [3.05, 3.63) is 59.4 Å². The van der Waals surface area contributed by atoms with Crippen LogP contribution in [0.2, 0.25) is 0 Å². The normalized spacial score (nSPS) is 11.4. The number of aldehydes is 1. The topological polar surface area (TPSA) is 17.1 Å². The zero-order valence-electron chi connectivity index (χ0n) is 9.95. The monoisotopic (exact) mass is 300 g/mol. The summed E-state index contributed by atoms with van der Waals surface area (Å²) in [6.07, 6.45) is -4.26. The highest BCUT2D eigenvalue weighted by Gasteiger charge is 2.34. The number of alkyl halides is 3. The van der Waals surface area contributed by atoms with Crippen LogP contribution in [0.25, 0.3) is 0 Å². The molecule has 20 heavy (non-hydrogen) atoms. The Bertz CT molecular complexity index is 637. The second kappa shape index (κ2) is 5.66. The molecule has 0 unspecified atom stereocenters. The van der Waals surface area contributed by atoms with Crippen LogP contribution in [-0.2, 0) is 6.18 Å². The molecule has 0 atom stereocenters. The molecule has 1 nitrogen and oxygen atoms in total. The quantitative estimate of drug-likeness (QED) is 0.598. The fraction of sp³-hybridized carbons (Fsp3) is 0.0714. The summed E-state index contributed by atoms with van der Waals surface area (Å²) in [6, 6.07) is 8.77. The summed E-state index contributed by atoms with van der Waals surface area (Å²) < 4.78 is 52.3. The van der Waals surface area contributed by atoms with Crippen LogP contribution in [0.4, 0.5) is 17.6 Å². The van der Waals surface area contributed by atoms with Gasteiger partial charge in [-0.1, -0.05) is 30.0 Å². The van der Waals surface area contributed by atoms with Crippen molar-refractivity contribution in [3.63, 3.8) is 0 Å². The van der Waals surface area contributed by atoms with Gasteiger partial charge in [0.25, 0.3) is 0 Å². The Kier molecular flexibility index (Phi) is 4.13. The van der Waals surface area contributed by atoms with Gasteiger partial charge >= 0.3 is 6.18 Å². The number of carbonyl (C=O) groups excluding carboxylic acids is 1. The van der Waals surface area contributed by atoms with Crippen molar-refractivity contribution in [2.24, 2.45) is 0 Å². The molecule has 0 spiro atoms. The molecule has 0 fully saturated rings. The van der Waals surface area contributed by atoms with E-state index in [9.17, 15) is 22.4 Å². The number of rotatable bonds is 3. The minimum absolute atomic E-state index is 0.0739. The summed E-state index contributed by atoms with van der Waals surface area (Å²) in [4.78, 5) is 10.5. The van der Waals surface area contributed by atoms with Crippen molar-refractivity contribution >= 4 is 18.0 Å². The molecule has 0 radical (unpaired) electrons. The molecule has 2 aromatic rings. The van der Waals surface area contributed by atoms with Crippen LogP contribution >= 0.6 is 11.8 Å². The van der Waals surface area contributed by atoms with Crippen molar-refractivity contribution in [2.75, 3.05) is 0 Å². The van der Waals surface area contributed by atoms with E-state index in [0.29, 0.717) is 18.0 Å². The molecule has 0 heterocycles. The number of carbonyl (C=O) groups is 1. The molecule has 0 aromatic heterocycles. The van der Waals surface area contributed by atoms with Crippen LogP contribution in [0.15, 0.2) is 52.3 Å². The summed E-state index contributed by atoms with van der Waals surface area (Å²) >= 11 is 0.676. The highest BCUT2D eigenvalue weighted by Crippen LogP contribution is 2.40. The van der Waals surface area contributed by atoms with Crippen molar-refractivity contribution in [1.82, 2.24) is 0 Å². The van der Waals surface area contributed by atoms with Gasteiger partial charge < -0.3 is 0 Å². The Labute approximate surface area is 116 Å². The second-order valence-electron chi connectivity index (χ2n) is 3.90. The largest absolute Gasteiger partial charge is 0.417 e. The minimum Gasteiger partial charge on any atom is -0.298 e. The molecule has 0 N–H and O–H groups in total. The van der Waals surface area contributed by atoms with Gasteiger partial charge in [-0.3, -0.25) is 4.79 Å². The average molecular weight is 300 g/mol. The molecule has 2 rings (SSSR count). The zero-order chi connectivity index (χ0) is 14.8. The Balaban J connectivity index is 2.46. The molecule has 104 valence electrons. The van der Waals surface area contributed by atoms with Crippen molar-refractivity contribution in [1.29, 1.82) is 0 Å². The van der Waals surface area contributed by atoms with Gasteiger partial charge in [-0.25, -0.2) is 4.39 Å². The van der Waals surface area contributed by atoms with Crippen molar-refractivity contribution in [3.8, 4) is 0 Å². The van der Waals surface area contributed by atoms with Gasteiger partial charge in [-0.15, -0.1) is 0 Å². The lowest BCUT2D eigenvalue weighted by Crippen LogP contribution is -2.07. The van der Waals surface area contributed by atoms with Gasteiger partial charge in [-0.2, -0.15) is 13.2 Å². The van der Waals surface area contributed by atoms with Gasteiger partial charge in [0, 0.05) is 15.4 Å². The smallest absolute Gasteiger partial charge is 0.298 e. The van der Waals surface area contributed by atoms with E-state index in [1.54, 1.807) is 6.07 Å². The zero-order valence-corrected chi connectivity index (χ0v) is 10.8. The summed E-state index contributed by atoms with van der Waals surface area (Å²) in [6.45, 7) is 0. The van der Waals surface area contributed by atoms with E-state index >= 15 is 0 Å². The summed E-state index contributed by atoms with van der Waals surface area (Å²) in [7, 11) is 0. The SMILES string of the molecule is O=Cc1ccc(Sc2ccccc2F)c(C(F)(F)F)c1. The molecular weight excluding hydrogens is 292 g/mol. The van der Waals surface area contributed by atoms with Crippen LogP contribution in [0.5, 0.6) is 0 Å². The van der Waals surface area contributed by atoms with Crippen molar-refractivity contribution in [2.45, 2.75) is 16.0 Å². The fourth-order valence-corrected chi connectivity index (χ4v) is 2.55. The van der Waals surface area contributed by atoms with Gasteiger partial charge in [0.1, 0.15) is 12.1 Å². The van der Waals surface area contributed by atoms with Gasteiger partial charge in [0.05, 0.1) is 5.56 Å². The lowest BCUT2D eigenvalue weighted by molar-refractivity contribution is -0.139. The van der Waals surface area contributed by atoms with Crippen LogP contribution in [-0.4, -0.2) is 6.29 Å².